The maximum absolute atomic E-state index is 11.7. The molecule has 2 unspecified atom stereocenters. The third kappa shape index (κ3) is 2.68. The predicted molar refractivity (Wildman–Crippen MR) is 93.1 cm³/mol. The number of rotatable bonds is 4. The number of hydrogen-bond acceptors (Lipinski definition) is 5. The number of carboxylic acids is 1. The summed E-state index contributed by atoms with van der Waals surface area (Å²) in [5.74, 6) is -0.769. The number of hydrogen-bond donors (Lipinski definition) is 1. The van der Waals surface area contributed by atoms with Crippen LogP contribution in [0.3, 0.4) is 0 Å². The van der Waals surface area contributed by atoms with Gasteiger partial charge in [0, 0.05) is 12.7 Å². The molecule has 1 aromatic carbocycles. The number of nitrogens with zero attached hydrogens (tertiary/aromatic N) is 3. The number of aromatic nitrogens is 2. The average Bonchev–Trinajstić information content (AvgIpc) is 3.23. The fourth-order valence-corrected chi connectivity index (χ4v) is 4.45. The van der Waals surface area contributed by atoms with Crippen molar-refractivity contribution in [2.75, 3.05) is 6.54 Å². The molecule has 0 aliphatic carbocycles. The number of carbonyl (C=O) groups is 1. The van der Waals surface area contributed by atoms with Crippen molar-refractivity contribution in [2.24, 2.45) is 0 Å². The van der Waals surface area contributed by atoms with Gasteiger partial charge in [-0.3, -0.25) is 14.7 Å². The van der Waals surface area contributed by atoms with Gasteiger partial charge < -0.3 is 5.11 Å². The second kappa shape index (κ2) is 6.30. The highest BCUT2D eigenvalue weighted by molar-refractivity contribution is 7.18. The maximum Gasteiger partial charge on any atom is 0.320 e. The van der Waals surface area contributed by atoms with E-state index in [0.717, 1.165) is 33.9 Å². The quantitative estimate of drug-likeness (QED) is 0.790. The van der Waals surface area contributed by atoms with Gasteiger partial charge in [-0.1, -0.05) is 18.2 Å². The Morgan fingerprint density at radius 2 is 2.08 bits per heavy atom. The summed E-state index contributed by atoms with van der Waals surface area (Å²) in [7, 11) is 0. The van der Waals surface area contributed by atoms with Gasteiger partial charge in [-0.25, -0.2) is 4.98 Å². The molecule has 0 spiro atoms. The summed E-state index contributed by atoms with van der Waals surface area (Å²) >= 11 is 1.62. The predicted octanol–water partition coefficient (Wildman–Crippen LogP) is 3.33. The van der Waals surface area contributed by atoms with Crippen LogP contribution in [0.4, 0.5) is 0 Å². The first kappa shape index (κ1) is 15.2. The van der Waals surface area contributed by atoms with Crippen LogP contribution in [0.1, 0.15) is 29.6 Å². The van der Waals surface area contributed by atoms with E-state index in [2.05, 4.69) is 4.98 Å². The molecule has 4 rings (SSSR count). The standard InChI is InChI=1S/C18H17N3O2S/c22-18(23)14-8-5-11-21(14)16(13-7-3-4-10-19-13)17-20-12-6-1-2-9-15(12)24-17/h1-4,6-7,9-10,14,16H,5,8,11H2,(H,22,23). The van der Waals surface area contributed by atoms with E-state index in [9.17, 15) is 9.90 Å². The van der Waals surface area contributed by atoms with Gasteiger partial charge >= 0.3 is 5.97 Å². The van der Waals surface area contributed by atoms with Gasteiger partial charge in [0.25, 0.3) is 0 Å². The summed E-state index contributed by atoms with van der Waals surface area (Å²) in [5.41, 5.74) is 1.80. The topological polar surface area (TPSA) is 66.3 Å². The molecule has 0 saturated carbocycles. The van der Waals surface area contributed by atoms with E-state index in [4.69, 9.17) is 4.98 Å². The van der Waals surface area contributed by atoms with E-state index >= 15 is 0 Å². The van der Waals surface area contributed by atoms with Crippen LogP contribution < -0.4 is 0 Å². The summed E-state index contributed by atoms with van der Waals surface area (Å²) in [4.78, 5) is 23.0. The number of pyridine rings is 1. The number of thiazole rings is 1. The molecule has 0 bridgehead atoms. The summed E-state index contributed by atoms with van der Waals surface area (Å²) in [6.07, 6.45) is 3.30. The van der Waals surface area contributed by atoms with Crippen molar-refractivity contribution in [1.82, 2.24) is 14.9 Å². The Balaban J connectivity index is 1.83. The number of likely N-dealkylation sites (tertiary alicyclic amines) is 1. The molecular weight excluding hydrogens is 322 g/mol. The summed E-state index contributed by atoms with van der Waals surface area (Å²) in [5, 5.41) is 10.5. The molecule has 1 aliphatic rings. The van der Waals surface area contributed by atoms with Crippen molar-refractivity contribution in [1.29, 1.82) is 0 Å². The van der Waals surface area contributed by atoms with E-state index in [1.165, 1.54) is 0 Å². The number of carboxylic acid groups (broad SMARTS) is 1. The lowest BCUT2D eigenvalue weighted by Gasteiger charge is -2.29. The zero-order valence-corrected chi connectivity index (χ0v) is 13.8. The van der Waals surface area contributed by atoms with Crippen LogP contribution in [-0.2, 0) is 4.79 Å². The highest BCUT2D eigenvalue weighted by Crippen LogP contribution is 2.37. The minimum Gasteiger partial charge on any atom is -0.480 e. The number of aliphatic carboxylic acids is 1. The van der Waals surface area contributed by atoms with E-state index in [1.54, 1.807) is 17.5 Å². The molecule has 3 heterocycles. The summed E-state index contributed by atoms with van der Waals surface area (Å²) < 4.78 is 1.11. The Morgan fingerprint density at radius 3 is 2.83 bits per heavy atom. The van der Waals surface area contributed by atoms with Crippen molar-refractivity contribution < 1.29 is 9.90 Å². The fraction of sp³-hybridized carbons (Fsp3) is 0.278. The Bertz CT molecular complexity index is 832. The minimum atomic E-state index is -0.769. The first-order chi connectivity index (χ1) is 11.7. The molecule has 1 aliphatic heterocycles. The zero-order valence-electron chi connectivity index (χ0n) is 13.0. The molecule has 2 aromatic heterocycles. The van der Waals surface area contributed by atoms with Crippen LogP contribution in [0.5, 0.6) is 0 Å². The van der Waals surface area contributed by atoms with Gasteiger partial charge in [0.1, 0.15) is 17.1 Å². The lowest BCUT2D eigenvalue weighted by Crippen LogP contribution is -2.39. The summed E-state index contributed by atoms with van der Waals surface area (Å²) in [6.45, 7) is 0.744. The molecule has 0 amide bonds. The van der Waals surface area contributed by atoms with Gasteiger partial charge in [0.05, 0.1) is 15.9 Å². The highest BCUT2D eigenvalue weighted by Gasteiger charge is 2.38. The molecule has 5 nitrogen and oxygen atoms in total. The van der Waals surface area contributed by atoms with E-state index in [0.29, 0.717) is 6.42 Å². The summed E-state index contributed by atoms with van der Waals surface area (Å²) in [6, 6.07) is 13.1. The fourth-order valence-electron chi connectivity index (χ4n) is 3.35. The van der Waals surface area contributed by atoms with Crippen LogP contribution in [0.15, 0.2) is 48.7 Å². The largest absolute Gasteiger partial charge is 0.480 e. The number of benzene rings is 1. The number of para-hydroxylation sites is 1. The van der Waals surface area contributed by atoms with Crippen molar-refractivity contribution in [3.8, 4) is 0 Å². The van der Waals surface area contributed by atoms with Crippen molar-refractivity contribution in [3.05, 3.63) is 59.4 Å². The van der Waals surface area contributed by atoms with Crippen LogP contribution >= 0.6 is 11.3 Å². The molecule has 1 N–H and O–H groups in total. The van der Waals surface area contributed by atoms with Gasteiger partial charge in [-0.05, 0) is 37.1 Å². The Hall–Kier alpha value is -2.31. The molecular formula is C18H17N3O2S. The molecule has 122 valence electrons. The molecule has 6 heteroatoms. The Kier molecular flexibility index (Phi) is 4.00. The van der Waals surface area contributed by atoms with Gasteiger partial charge in [0.2, 0.25) is 0 Å². The molecule has 0 radical (unpaired) electrons. The van der Waals surface area contributed by atoms with E-state index < -0.39 is 12.0 Å². The Labute approximate surface area is 143 Å². The van der Waals surface area contributed by atoms with Crippen LogP contribution in [0.25, 0.3) is 10.2 Å². The molecule has 1 fully saturated rings. The van der Waals surface area contributed by atoms with Gasteiger partial charge in [-0.2, -0.15) is 0 Å². The van der Waals surface area contributed by atoms with E-state index in [1.807, 2.05) is 47.4 Å². The van der Waals surface area contributed by atoms with Crippen LogP contribution in [0.2, 0.25) is 0 Å². The molecule has 2 atom stereocenters. The van der Waals surface area contributed by atoms with Gasteiger partial charge in [0.15, 0.2) is 0 Å². The normalized spacial score (nSPS) is 19.6. The Morgan fingerprint density at radius 1 is 1.25 bits per heavy atom. The third-order valence-corrected chi connectivity index (χ3v) is 5.51. The second-order valence-corrected chi connectivity index (χ2v) is 6.97. The lowest BCUT2D eigenvalue weighted by atomic mass is 10.1. The van der Waals surface area contributed by atoms with Crippen molar-refractivity contribution >= 4 is 27.5 Å². The van der Waals surface area contributed by atoms with Crippen molar-refractivity contribution in [3.63, 3.8) is 0 Å². The van der Waals surface area contributed by atoms with Crippen LogP contribution in [0, 0.1) is 0 Å². The molecule has 24 heavy (non-hydrogen) atoms. The lowest BCUT2D eigenvalue weighted by molar-refractivity contribution is -0.142. The third-order valence-electron chi connectivity index (χ3n) is 4.42. The monoisotopic (exact) mass is 339 g/mol. The minimum absolute atomic E-state index is 0.216. The highest BCUT2D eigenvalue weighted by atomic mass is 32.1. The van der Waals surface area contributed by atoms with E-state index in [-0.39, 0.29) is 6.04 Å². The molecule has 3 aromatic rings. The molecule has 1 saturated heterocycles. The smallest absolute Gasteiger partial charge is 0.320 e. The SMILES string of the molecule is O=C(O)C1CCCN1C(c1ccccn1)c1nc2ccccc2s1. The first-order valence-corrected chi connectivity index (χ1v) is 8.80. The maximum atomic E-state index is 11.7. The number of fused-ring (bicyclic) bond motifs is 1. The van der Waals surface area contributed by atoms with Crippen LogP contribution in [-0.4, -0.2) is 38.5 Å². The second-order valence-electron chi connectivity index (χ2n) is 5.91. The van der Waals surface area contributed by atoms with Crippen molar-refractivity contribution in [2.45, 2.75) is 24.9 Å². The average molecular weight is 339 g/mol. The van der Waals surface area contributed by atoms with Gasteiger partial charge in [-0.15, -0.1) is 11.3 Å². The first-order valence-electron chi connectivity index (χ1n) is 7.99. The zero-order chi connectivity index (χ0) is 16.5.